The van der Waals surface area contributed by atoms with Crippen LogP contribution in [-0.2, 0) is 0 Å². The zero-order valence-electron chi connectivity index (χ0n) is 12.2. The smallest absolute Gasteiger partial charge is 0.0300 e. The van der Waals surface area contributed by atoms with E-state index >= 15 is 0 Å². The first-order chi connectivity index (χ1) is 8.68. The minimum atomic E-state index is 0.690. The summed E-state index contributed by atoms with van der Waals surface area (Å²) in [5.41, 5.74) is 4.28. The van der Waals surface area contributed by atoms with Gasteiger partial charge in [-0.3, -0.25) is 4.98 Å². The molecule has 0 spiro atoms. The van der Waals surface area contributed by atoms with Gasteiger partial charge < -0.3 is 0 Å². The molecular formula is C17H27N. The second kappa shape index (κ2) is 6.36. The van der Waals surface area contributed by atoms with E-state index in [0.29, 0.717) is 5.92 Å². The Labute approximate surface area is 112 Å². The Balaban J connectivity index is 1.92. The van der Waals surface area contributed by atoms with Crippen molar-refractivity contribution in [3.8, 4) is 0 Å². The zero-order valence-corrected chi connectivity index (χ0v) is 12.2. The van der Waals surface area contributed by atoms with Gasteiger partial charge in [-0.25, -0.2) is 0 Å². The number of nitrogens with zero attached hydrogens (tertiary/aromatic N) is 1. The van der Waals surface area contributed by atoms with E-state index in [-0.39, 0.29) is 0 Å². The van der Waals surface area contributed by atoms with E-state index in [1.54, 1.807) is 5.56 Å². The van der Waals surface area contributed by atoms with E-state index in [0.717, 1.165) is 5.92 Å². The molecule has 0 bridgehead atoms. The lowest BCUT2D eigenvalue weighted by atomic mass is 9.82. The van der Waals surface area contributed by atoms with E-state index in [2.05, 4.69) is 25.8 Å². The van der Waals surface area contributed by atoms with Crippen LogP contribution in [0.5, 0.6) is 0 Å². The second-order valence-electron chi connectivity index (χ2n) is 6.17. The zero-order chi connectivity index (χ0) is 13.0. The molecule has 0 saturated heterocycles. The first-order valence-corrected chi connectivity index (χ1v) is 7.59. The third-order valence-corrected chi connectivity index (χ3v) is 4.61. The molecule has 1 heterocycles. The molecule has 0 N–H and O–H groups in total. The highest BCUT2D eigenvalue weighted by atomic mass is 14.6. The van der Waals surface area contributed by atoms with Gasteiger partial charge in [0, 0.05) is 12.4 Å². The van der Waals surface area contributed by atoms with Crippen molar-refractivity contribution in [2.24, 2.45) is 5.92 Å². The SMILES string of the molecule is Cc1cncc(C)c1C(C)CCC1CCCCC1. The molecule has 0 radical (unpaired) electrons. The van der Waals surface area contributed by atoms with Crippen LogP contribution in [0.4, 0.5) is 0 Å². The molecule has 18 heavy (non-hydrogen) atoms. The molecule has 2 rings (SSSR count). The molecule has 1 nitrogen and oxygen atoms in total. The maximum atomic E-state index is 4.28. The van der Waals surface area contributed by atoms with Gasteiger partial charge >= 0.3 is 0 Å². The molecule has 1 heteroatoms. The molecule has 1 unspecified atom stereocenters. The average Bonchev–Trinajstić information content (AvgIpc) is 2.37. The maximum Gasteiger partial charge on any atom is 0.0300 e. The number of rotatable bonds is 4. The van der Waals surface area contributed by atoms with Crippen molar-refractivity contribution in [1.29, 1.82) is 0 Å². The van der Waals surface area contributed by atoms with Crippen LogP contribution in [0.3, 0.4) is 0 Å². The Morgan fingerprint density at radius 2 is 1.72 bits per heavy atom. The molecule has 0 amide bonds. The minimum Gasteiger partial charge on any atom is -0.264 e. The number of aromatic nitrogens is 1. The highest BCUT2D eigenvalue weighted by Crippen LogP contribution is 2.32. The fraction of sp³-hybridized carbons (Fsp3) is 0.706. The van der Waals surface area contributed by atoms with Gasteiger partial charge in [0.05, 0.1) is 0 Å². The van der Waals surface area contributed by atoms with Crippen molar-refractivity contribution in [3.63, 3.8) is 0 Å². The first kappa shape index (κ1) is 13.6. The molecule has 1 atom stereocenters. The third kappa shape index (κ3) is 3.34. The van der Waals surface area contributed by atoms with Crippen molar-refractivity contribution in [1.82, 2.24) is 4.98 Å². The average molecular weight is 245 g/mol. The molecule has 0 aromatic carbocycles. The normalized spacial score (nSPS) is 18.8. The number of pyridine rings is 1. The Bertz CT molecular complexity index is 357. The molecule has 1 aliphatic rings. The summed E-state index contributed by atoms with van der Waals surface area (Å²) >= 11 is 0. The van der Waals surface area contributed by atoms with E-state index in [1.807, 2.05) is 12.4 Å². The molecular weight excluding hydrogens is 218 g/mol. The van der Waals surface area contributed by atoms with Crippen LogP contribution in [0.25, 0.3) is 0 Å². The lowest BCUT2D eigenvalue weighted by Crippen LogP contribution is -2.08. The highest BCUT2D eigenvalue weighted by Gasteiger charge is 2.17. The van der Waals surface area contributed by atoms with Crippen LogP contribution in [-0.4, -0.2) is 4.98 Å². The van der Waals surface area contributed by atoms with Crippen LogP contribution in [0.1, 0.15) is 74.5 Å². The van der Waals surface area contributed by atoms with Gasteiger partial charge in [-0.15, -0.1) is 0 Å². The largest absolute Gasteiger partial charge is 0.264 e. The van der Waals surface area contributed by atoms with Crippen LogP contribution >= 0.6 is 0 Å². The Hall–Kier alpha value is -0.850. The highest BCUT2D eigenvalue weighted by molar-refractivity contribution is 5.32. The van der Waals surface area contributed by atoms with Gasteiger partial charge in [0.2, 0.25) is 0 Å². The Kier molecular flexibility index (Phi) is 4.79. The lowest BCUT2D eigenvalue weighted by Gasteiger charge is -2.24. The maximum absolute atomic E-state index is 4.28. The van der Waals surface area contributed by atoms with Gasteiger partial charge in [0.25, 0.3) is 0 Å². The molecule has 1 fully saturated rings. The Morgan fingerprint density at radius 3 is 2.33 bits per heavy atom. The molecule has 1 aliphatic carbocycles. The monoisotopic (exact) mass is 245 g/mol. The van der Waals surface area contributed by atoms with E-state index in [4.69, 9.17) is 0 Å². The predicted molar refractivity (Wildman–Crippen MR) is 77.9 cm³/mol. The summed E-state index contributed by atoms with van der Waals surface area (Å²) in [5.74, 6) is 1.69. The first-order valence-electron chi connectivity index (χ1n) is 7.59. The molecule has 1 saturated carbocycles. The van der Waals surface area contributed by atoms with Crippen molar-refractivity contribution in [3.05, 3.63) is 29.1 Å². The summed E-state index contributed by atoms with van der Waals surface area (Å²) in [6.07, 6.45) is 14.1. The van der Waals surface area contributed by atoms with Crippen LogP contribution < -0.4 is 0 Å². The topological polar surface area (TPSA) is 12.9 Å². The van der Waals surface area contributed by atoms with E-state index in [1.165, 1.54) is 56.1 Å². The summed E-state index contributed by atoms with van der Waals surface area (Å²) in [6.45, 7) is 6.79. The standard InChI is InChI=1S/C17H27N/c1-13(9-10-16-7-5-4-6-8-16)17-14(2)11-18-12-15(17)3/h11-13,16H,4-10H2,1-3H3. The molecule has 100 valence electrons. The summed E-state index contributed by atoms with van der Waals surface area (Å²) < 4.78 is 0. The van der Waals surface area contributed by atoms with Gasteiger partial charge in [-0.2, -0.15) is 0 Å². The van der Waals surface area contributed by atoms with Crippen molar-refractivity contribution < 1.29 is 0 Å². The predicted octanol–water partition coefficient (Wildman–Crippen LogP) is 5.16. The number of hydrogen-bond acceptors (Lipinski definition) is 1. The summed E-state index contributed by atoms with van der Waals surface area (Å²) in [6, 6.07) is 0. The molecule has 1 aromatic rings. The summed E-state index contributed by atoms with van der Waals surface area (Å²) in [7, 11) is 0. The fourth-order valence-electron chi connectivity index (χ4n) is 3.59. The van der Waals surface area contributed by atoms with Gasteiger partial charge in [-0.05, 0) is 55.2 Å². The number of aryl methyl sites for hydroxylation is 2. The lowest BCUT2D eigenvalue weighted by molar-refractivity contribution is 0.325. The summed E-state index contributed by atoms with van der Waals surface area (Å²) in [4.78, 5) is 4.28. The van der Waals surface area contributed by atoms with Crippen LogP contribution in [0.15, 0.2) is 12.4 Å². The summed E-state index contributed by atoms with van der Waals surface area (Å²) in [5, 5.41) is 0. The minimum absolute atomic E-state index is 0.690. The van der Waals surface area contributed by atoms with E-state index < -0.39 is 0 Å². The van der Waals surface area contributed by atoms with E-state index in [9.17, 15) is 0 Å². The van der Waals surface area contributed by atoms with Crippen molar-refractivity contribution in [2.45, 2.75) is 71.6 Å². The van der Waals surface area contributed by atoms with Gasteiger partial charge in [0.15, 0.2) is 0 Å². The van der Waals surface area contributed by atoms with Crippen LogP contribution in [0.2, 0.25) is 0 Å². The Morgan fingerprint density at radius 1 is 1.11 bits per heavy atom. The molecule has 0 aliphatic heterocycles. The fourth-order valence-corrected chi connectivity index (χ4v) is 3.59. The number of hydrogen-bond donors (Lipinski definition) is 0. The van der Waals surface area contributed by atoms with Crippen molar-refractivity contribution >= 4 is 0 Å². The van der Waals surface area contributed by atoms with Gasteiger partial charge in [0.1, 0.15) is 0 Å². The molecule has 1 aromatic heterocycles. The van der Waals surface area contributed by atoms with Crippen molar-refractivity contribution in [2.75, 3.05) is 0 Å². The second-order valence-corrected chi connectivity index (χ2v) is 6.17. The quantitative estimate of drug-likeness (QED) is 0.713. The van der Waals surface area contributed by atoms with Gasteiger partial charge in [-0.1, -0.05) is 39.0 Å². The third-order valence-electron chi connectivity index (χ3n) is 4.61. The van der Waals surface area contributed by atoms with Crippen LogP contribution in [0, 0.1) is 19.8 Å².